The van der Waals surface area contributed by atoms with E-state index in [4.69, 9.17) is 17.0 Å². The van der Waals surface area contributed by atoms with E-state index in [0.717, 1.165) is 12.8 Å². The lowest BCUT2D eigenvalue weighted by molar-refractivity contribution is -0.143. The van der Waals surface area contributed by atoms with Gasteiger partial charge >= 0.3 is 5.97 Å². The monoisotopic (exact) mass is 483 g/mol. The van der Waals surface area contributed by atoms with Crippen LogP contribution in [-0.2, 0) is 20.7 Å². The molecule has 0 bridgehead atoms. The van der Waals surface area contributed by atoms with Crippen LogP contribution < -0.4 is 10.6 Å². The Labute approximate surface area is 206 Å². The number of carbonyl (C=O) groups is 3. The second-order valence-electron chi connectivity index (χ2n) is 7.72. The molecule has 0 unspecified atom stereocenters. The highest BCUT2D eigenvalue weighted by molar-refractivity contribution is 7.80. The number of benzene rings is 2. The Bertz CT molecular complexity index is 944. The van der Waals surface area contributed by atoms with Crippen molar-refractivity contribution in [1.82, 2.24) is 10.2 Å². The molecule has 2 amide bonds. The van der Waals surface area contributed by atoms with E-state index in [1.807, 2.05) is 44.2 Å². The van der Waals surface area contributed by atoms with Crippen LogP contribution in [0.4, 0.5) is 5.69 Å². The molecule has 0 aliphatic carbocycles. The molecule has 0 atom stereocenters. The van der Waals surface area contributed by atoms with Crippen molar-refractivity contribution >= 4 is 40.8 Å². The number of carbonyl (C=O) groups excluding carboxylic acids is 3. The van der Waals surface area contributed by atoms with E-state index in [9.17, 15) is 14.4 Å². The molecule has 7 nitrogen and oxygen atoms in total. The molecule has 8 heteroatoms. The smallest absolute Gasteiger partial charge is 0.305 e. The summed E-state index contributed by atoms with van der Waals surface area (Å²) in [4.78, 5) is 38.0. The Hall–Kier alpha value is -3.26. The average molecular weight is 484 g/mol. The molecule has 2 rings (SSSR count). The van der Waals surface area contributed by atoms with E-state index >= 15 is 0 Å². The molecular formula is C26H33N3O4S. The first-order valence-electron chi connectivity index (χ1n) is 11.6. The summed E-state index contributed by atoms with van der Waals surface area (Å²) in [6.07, 6.45) is 2.35. The van der Waals surface area contributed by atoms with E-state index in [1.54, 1.807) is 29.2 Å². The second-order valence-corrected chi connectivity index (χ2v) is 8.13. The molecule has 0 radical (unpaired) electrons. The van der Waals surface area contributed by atoms with E-state index in [1.165, 1.54) is 5.56 Å². The van der Waals surface area contributed by atoms with Crippen LogP contribution in [0.2, 0.25) is 0 Å². The highest BCUT2D eigenvalue weighted by atomic mass is 32.1. The van der Waals surface area contributed by atoms with Crippen molar-refractivity contribution in [1.29, 1.82) is 0 Å². The number of nitrogens with one attached hydrogen (secondary N) is 2. The number of hydrogen-bond donors (Lipinski definition) is 2. The number of amides is 2. The van der Waals surface area contributed by atoms with E-state index in [-0.39, 0.29) is 35.7 Å². The lowest BCUT2D eigenvalue weighted by Gasteiger charge is -2.18. The third kappa shape index (κ3) is 9.70. The van der Waals surface area contributed by atoms with Gasteiger partial charge < -0.3 is 20.3 Å². The van der Waals surface area contributed by atoms with Gasteiger partial charge in [0.2, 0.25) is 5.91 Å². The predicted octanol–water partition coefficient (Wildman–Crippen LogP) is 4.33. The molecule has 2 aromatic rings. The van der Waals surface area contributed by atoms with Crippen LogP contribution in [0.25, 0.3) is 0 Å². The number of ether oxygens (including phenoxy) is 1. The number of esters is 1. The Morgan fingerprint density at radius 3 is 2.24 bits per heavy atom. The standard InChI is InChI=1S/C26H33N3O4S/c1-3-29(4-2)25(32)21-15-17-22(18-16-21)27-26(34)28-23(30)13-8-14-24(31)33-19-9-12-20-10-6-5-7-11-20/h5-7,10-11,15-18H,3-4,8-9,12-14,19H2,1-2H3,(H2,27,28,30,34). The molecule has 0 fully saturated rings. The summed E-state index contributed by atoms with van der Waals surface area (Å²) in [5.41, 5.74) is 2.47. The van der Waals surface area contributed by atoms with Gasteiger partial charge in [0.15, 0.2) is 5.11 Å². The zero-order chi connectivity index (χ0) is 24.8. The molecule has 2 aromatic carbocycles. The fourth-order valence-electron chi connectivity index (χ4n) is 3.31. The molecular weight excluding hydrogens is 450 g/mol. The highest BCUT2D eigenvalue weighted by Crippen LogP contribution is 2.12. The summed E-state index contributed by atoms with van der Waals surface area (Å²) < 4.78 is 5.23. The fourth-order valence-corrected chi connectivity index (χ4v) is 3.55. The first-order chi connectivity index (χ1) is 16.4. The van der Waals surface area contributed by atoms with Gasteiger partial charge in [-0.05, 0) is 75.2 Å². The van der Waals surface area contributed by atoms with Crippen LogP contribution in [0.3, 0.4) is 0 Å². The molecule has 0 saturated carbocycles. The van der Waals surface area contributed by atoms with Crippen LogP contribution in [-0.4, -0.2) is 47.5 Å². The zero-order valence-electron chi connectivity index (χ0n) is 19.8. The average Bonchev–Trinajstić information content (AvgIpc) is 2.83. The molecule has 2 N–H and O–H groups in total. The van der Waals surface area contributed by atoms with Crippen LogP contribution in [0.1, 0.15) is 55.5 Å². The van der Waals surface area contributed by atoms with E-state index < -0.39 is 0 Å². The molecule has 182 valence electrons. The summed E-state index contributed by atoms with van der Waals surface area (Å²) in [6, 6.07) is 17.0. The number of nitrogens with zero attached hydrogens (tertiary/aromatic N) is 1. The molecule has 34 heavy (non-hydrogen) atoms. The maximum Gasteiger partial charge on any atom is 0.305 e. The van der Waals surface area contributed by atoms with Gasteiger partial charge in [-0.2, -0.15) is 0 Å². The normalized spacial score (nSPS) is 10.3. The number of thiocarbonyl (C=S) groups is 1. The van der Waals surface area contributed by atoms with Crippen molar-refractivity contribution in [2.45, 2.75) is 46.0 Å². The lowest BCUT2D eigenvalue weighted by atomic mass is 10.1. The summed E-state index contributed by atoms with van der Waals surface area (Å²) in [7, 11) is 0. The topological polar surface area (TPSA) is 87.7 Å². The number of aryl methyl sites for hydroxylation is 1. The minimum Gasteiger partial charge on any atom is -0.466 e. The minimum atomic E-state index is -0.305. The number of rotatable bonds is 12. The van der Waals surface area contributed by atoms with Crippen molar-refractivity contribution in [2.24, 2.45) is 0 Å². The van der Waals surface area contributed by atoms with E-state index in [0.29, 0.717) is 37.4 Å². The minimum absolute atomic E-state index is 0.0258. The van der Waals surface area contributed by atoms with E-state index in [2.05, 4.69) is 10.6 Å². The van der Waals surface area contributed by atoms with Crippen LogP contribution in [0, 0.1) is 0 Å². The highest BCUT2D eigenvalue weighted by Gasteiger charge is 2.12. The van der Waals surface area contributed by atoms with Gasteiger partial charge in [0.25, 0.3) is 5.91 Å². The number of hydrogen-bond acceptors (Lipinski definition) is 5. The molecule has 0 heterocycles. The first kappa shape index (κ1) is 27.0. The van der Waals surface area contributed by atoms with Gasteiger partial charge in [-0.3, -0.25) is 14.4 Å². The van der Waals surface area contributed by atoms with Crippen molar-refractivity contribution in [2.75, 3.05) is 25.0 Å². The maximum atomic E-state index is 12.4. The van der Waals surface area contributed by atoms with Gasteiger partial charge in [0, 0.05) is 37.2 Å². The lowest BCUT2D eigenvalue weighted by Crippen LogP contribution is -2.34. The van der Waals surface area contributed by atoms with Crippen molar-refractivity contribution in [3.63, 3.8) is 0 Å². The molecule has 0 aromatic heterocycles. The summed E-state index contributed by atoms with van der Waals surface area (Å²) >= 11 is 5.18. The second kappa shape index (κ2) is 14.8. The summed E-state index contributed by atoms with van der Waals surface area (Å²) in [5.74, 6) is -0.606. The van der Waals surface area contributed by atoms with Crippen molar-refractivity contribution < 1.29 is 19.1 Å². The van der Waals surface area contributed by atoms with Gasteiger partial charge in [-0.25, -0.2) is 0 Å². The Morgan fingerprint density at radius 2 is 1.59 bits per heavy atom. The predicted molar refractivity (Wildman–Crippen MR) is 138 cm³/mol. The SMILES string of the molecule is CCN(CC)C(=O)c1ccc(NC(=S)NC(=O)CCCC(=O)OCCCc2ccccc2)cc1. The van der Waals surface area contributed by atoms with Gasteiger partial charge in [0.05, 0.1) is 6.61 Å². The molecule has 0 aliphatic rings. The van der Waals surface area contributed by atoms with Crippen LogP contribution in [0.15, 0.2) is 54.6 Å². The van der Waals surface area contributed by atoms with Crippen LogP contribution >= 0.6 is 12.2 Å². The molecule has 0 aliphatic heterocycles. The molecule has 0 spiro atoms. The third-order valence-electron chi connectivity index (χ3n) is 5.19. The summed E-state index contributed by atoms with van der Waals surface area (Å²) in [6.45, 7) is 5.55. The van der Waals surface area contributed by atoms with Crippen LogP contribution in [0.5, 0.6) is 0 Å². The molecule has 0 saturated heterocycles. The largest absolute Gasteiger partial charge is 0.466 e. The Kier molecular flexibility index (Phi) is 11.7. The number of anilines is 1. The Morgan fingerprint density at radius 1 is 0.912 bits per heavy atom. The summed E-state index contributed by atoms with van der Waals surface area (Å²) in [5, 5.41) is 5.69. The van der Waals surface area contributed by atoms with Crippen molar-refractivity contribution in [3.8, 4) is 0 Å². The maximum absolute atomic E-state index is 12.4. The van der Waals surface area contributed by atoms with Gasteiger partial charge in [-0.1, -0.05) is 30.3 Å². The first-order valence-corrected chi connectivity index (χ1v) is 12.0. The fraction of sp³-hybridized carbons (Fsp3) is 0.385. The Balaban J connectivity index is 1.62. The third-order valence-corrected chi connectivity index (χ3v) is 5.40. The van der Waals surface area contributed by atoms with Gasteiger partial charge in [-0.15, -0.1) is 0 Å². The van der Waals surface area contributed by atoms with Crippen molar-refractivity contribution in [3.05, 3.63) is 65.7 Å². The van der Waals surface area contributed by atoms with Gasteiger partial charge in [0.1, 0.15) is 0 Å². The quantitative estimate of drug-likeness (QED) is 0.265. The zero-order valence-corrected chi connectivity index (χ0v) is 20.7.